The number of benzene rings is 2. The van der Waals surface area contributed by atoms with Crippen LogP contribution in [0.25, 0.3) is 6.08 Å². The number of hydrogen-bond donors (Lipinski definition) is 0. The number of carbonyl (C=O) groups is 1. The number of allylic oxidation sites excluding steroid dienone is 1. The zero-order valence-electron chi connectivity index (χ0n) is 12.9. The molecule has 2 aromatic carbocycles. The van der Waals surface area contributed by atoms with E-state index < -0.39 is 0 Å². The van der Waals surface area contributed by atoms with E-state index in [1.807, 2.05) is 6.92 Å². The Morgan fingerprint density at radius 2 is 2.00 bits per heavy atom. The SMILES string of the molecule is C=C(C)COc1ccc2c(c1)O/C(=C\c1ccc(Cl)c(Cl)c1)C2=O. The standard InChI is InChI=1S/C19H14Cl2O3/c1-11(2)10-23-13-4-5-14-17(9-13)24-18(19(14)22)8-12-3-6-15(20)16(21)7-12/h3-9H,1,10H2,2H3/b18-8-. The van der Waals surface area contributed by atoms with E-state index in [0.29, 0.717) is 33.7 Å². The monoisotopic (exact) mass is 360 g/mol. The molecule has 0 bridgehead atoms. The van der Waals surface area contributed by atoms with Crippen molar-refractivity contribution in [2.45, 2.75) is 6.92 Å². The maximum atomic E-state index is 12.4. The highest BCUT2D eigenvalue weighted by molar-refractivity contribution is 6.42. The molecule has 0 atom stereocenters. The lowest BCUT2D eigenvalue weighted by Gasteiger charge is -2.06. The predicted octanol–water partition coefficient (Wildman–Crippen LogP) is 5.56. The minimum absolute atomic E-state index is 0.178. The minimum Gasteiger partial charge on any atom is -0.489 e. The van der Waals surface area contributed by atoms with E-state index in [1.165, 1.54) is 0 Å². The van der Waals surface area contributed by atoms with Gasteiger partial charge in [-0.3, -0.25) is 4.79 Å². The molecule has 1 aliphatic heterocycles. The van der Waals surface area contributed by atoms with E-state index in [4.69, 9.17) is 32.7 Å². The van der Waals surface area contributed by atoms with E-state index >= 15 is 0 Å². The Balaban J connectivity index is 1.85. The van der Waals surface area contributed by atoms with Crippen LogP contribution in [0.15, 0.2) is 54.3 Å². The summed E-state index contributed by atoms with van der Waals surface area (Å²) in [6.07, 6.45) is 1.64. The summed E-state index contributed by atoms with van der Waals surface area (Å²) in [5.41, 5.74) is 2.15. The van der Waals surface area contributed by atoms with Gasteiger partial charge in [0.05, 0.1) is 15.6 Å². The van der Waals surface area contributed by atoms with Crippen LogP contribution in [0, 0.1) is 0 Å². The number of halogens is 2. The molecule has 0 aliphatic carbocycles. The smallest absolute Gasteiger partial charge is 0.231 e. The summed E-state index contributed by atoms with van der Waals surface area (Å²) in [5.74, 6) is 1.16. The Hall–Kier alpha value is -2.23. The van der Waals surface area contributed by atoms with Crippen LogP contribution in [-0.2, 0) is 0 Å². The first-order valence-corrected chi connectivity index (χ1v) is 8.00. The second kappa shape index (κ2) is 6.71. The molecule has 1 heterocycles. The molecule has 5 heteroatoms. The van der Waals surface area contributed by atoms with Crippen molar-refractivity contribution >= 4 is 35.1 Å². The zero-order valence-corrected chi connectivity index (χ0v) is 14.4. The lowest BCUT2D eigenvalue weighted by atomic mass is 10.1. The molecule has 24 heavy (non-hydrogen) atoms. The number of carbonyl (C=O) groups excluding carboxylic acids is 1. The van der Waals surface area contributed by atoms with Crippen molar-refractivity contribution in [3.63, 3.8) is 0 Å². The van der Waals surface area contributed by atoms with Gasteiger partial charge in [-0.15, -0.1) is 0 Å². The summed E-state index contributed by atoms with van der Waals surface area (Å²) in [6, 6.07) is 10.3. The molecular formula is C19H14Cl2O3. The number of rotatable bonds is 4. The van der Waals surface area contributed by atoms with Gasteiger partial charge in [0.1, 0.15) is 18.1 Å². The van der Waals surface area contributed by atoms with E-state index in [0.717, 1.165) is 11.1 Å². The number of hydrogen-bond acceptors (Lipinski definition) is 3. The zero-order chi connectivity index (χ0) is 17.3. The molecule has 0 radical (unpaired) electrons. The molecule has 0 N–H and O–H groups in total. The summed E-state index contributed by atoms with van der Waals surface area (Å²) in [6.45, 7) is 6.08. The Bertz CT molecular complexity index is 869. The average Bonchev–Trinajstić information content (AvgIpc) is 2.84. The van der Waals surface area contributed by atoms with Gasteiger partial charge in [-0.1, -0.05) is 35.8 Å². The third-order valence-electron chi connectivity index (χ3n) is 3.37. The summed E-state index contributed by atoms with van der Waals surface area (Å²) in [5, 5.41) is 0.879. The molecule has 0 saturated carbocycles. The summed E-state index contributed by atoms with van der Waals surface area (Å²) in [7, 11) is 0. The molecule has 122 valence electrons. The average molecular weight is 361 g/mol. The predicted molar refractivity (Wildman–Crippen MR) is 96.1 cm³/mol. The van der Waals surface area contributed by atoms with Crippen molar-refractivity contribution in [3.05, 3.63) is 75.5 Å². The first kappa shape index (κ1) is 16.6. The summed E-state index contributed by atoms with van der Waals surface area (Å²) >= 11 is 11.9. The third kappa shape index (κ3) is 3.48. The van der Waals surface area contributed by atoms with Crippen LogP contribution in [0.4, 0.5) is 0 Å². The van der Waals surface area contributed by atoms with E-state index in [-0.39, 0.29) is 11.5 Å². The fourth-order valence-corrected chi connectivity index (χ4v) is 2.52. The summed E-state index contributed by atoms with van der Waals surface area (Å²) < 4.78 is 11.2. The van der Waals surface area contributed by atoms with Gasteiger partial charge in [-0.25, -0.2) is 0 Å². The molecule has 0 aromatic heterocycles. The van der Waals surface area contributed by atoms with Gasteiger partial charge in [0.15, 0.2) is 5.76 Å². The fraction of sp³-hybridized carbons (Fsp3) is 0.105. The van der Waals surface area contributed by atoms with Gasteiger partial charge < -0.3 is 9.47 Å². The van der Waals surface area contributed by atoms with Crippen LogP contribution in [0.1, 0.15) is 22.8 Å². The Morgan fingerprint density at radius 1 is 1.21 bits per heavy atom. The Labute approximate surface area is 150 Å². The molecule has 0 spiro atoms. The molecule has 3 nitrogen and oxygen atoms in total. The highest BCUT2D eigenvalue weighted by Gasteiger charge is 2.27. The van der Waals surface area contributed by atoms with Crippen LogP contribution in [0.2, 0.25) is 10.0 Å². The van der Waals surface area contributed by atoms with Crippen molar-refractivity contribution in [1.29, 1.82) is 0 Å². The van der Waals surface area contributed by atoms with Crippen LogP contribution < -0.4 is 9.47 Å². The Kier molecular flexibility index (Phi) is 4.65. The second-order valence-corrected chi connectivity index (χ2v) is 6.33. The number of fused-ring (bicyclic) bond motifs is 1. The molecular weight excluding hydrogens is 347 g/mol. The largest absolute Gasteiger partial charge is 0.489 e. The number of ether oxygens (including phenoxy) is 2. The summed E-state index contributed by atoms with van der Waals surface area (Å²) in [4.78, 5) is 12.4. The van der Waals surface area contributed by atoms with E-state index in [2.05, 4.69) is 6.58 Å². The molecule has 0 unspecified atom stereocenters. The first-order valence-electron chi connectivity index (χ1n) is 7.24. The third-order valence-corrected chi connectivity index (χ3v) is 4.11. The van der Waals surface area contributed by atoms with Gasteiger partial charge in [0, 0.05) is 6.07 Å². The molecule has 1 aliphatic rings. The number of Topliss-reactive ketones (excluding diaryl/α,β-unsaturated/α-hetero) is 1. The van der Waals surface area contributed by atoms with Crippen LogP contribution >= 0.6 is 23.2 Å². The van der Waals surface area contributed by atoms with Crippen molar-refractivity contribution in [2.24, 2.45) is 0 Å². The fourth-order valence-electron chi connectivity index (χ4n) is 2.22. The normalized spacial score (nSPS) is 14.5. The van der Waals surface area contributed by atoms with Gasteiger partial charge in [-0.05, 0) is 48.4 Å². The van der Waals surface area contributed by atoms with Crippen LogP contribution in [-0.4, -0.2) is 12.4 Å². The van der Waals surface area contributed by atoms with E-state index in [1.54, 1.807) is 42.5 Å². The molecule has 0 amide bonds. The molecule has 3 rings (SSSR count). The van der Waals surface area contributed by atoms with Gasteiger partial charge in [0.2, 0.25) is 5.78 Å². The van der Waals surface area contributed by atoms with Crippen molar-refractivity contribution < 1.29 is 14.3 Å². The van der Waals surface area contributed by atoms with Gasteiger partial charge in [0.25, 0.3) is 0 Å². The topological polar surface area (TPSA) is 35.5 Å². The molecule has 0 saturated heterocycles. The first-order chi connectivity index (χ1) is 11.4. The van der Waals surface area contributed by atoms with Crippen molar-refractivity contribution in [2.75, 3.05) is 6.61 Å². The van der Waals surface area contributed by atoms with Crippen molar-refractivity contribution in [1.82, 2.24) is 0 Å². The maximum absolute atomic E-state index is 12.4. The van der Waals surface area contributed by atoms with Crippen LogP contribution in [0.5, 0.6) is 11.5 Å². The Morgan fingerprint density at radius 3 is 2.71 bits per heavy atom. The maximum Gasteiger partial charge on any atom is 0.231 e. The van der Waals surface area contributed by atoms with E-state index in [9.17, 15) is 4.79 Å². The van der Waals surface area contributed by atoms with Crippen molar-refractivity contribution in [3.8, 4) is 11.5 Å². The van der Waals surface area contributed by atoms with Gasteiger partial charge in [-0.2, -0.15) is 0 Å². The molecule has 2 aromatic rings. The lowest BCUT2D eigenvalue weighted by molar-refractivity contribution is 0.101. The quantitative estimate of drug-likeness (QED) is 0.528. The second-order valence-electron chi connectivity index (χ2n) is 5.52. The minimum atomic E-state index is -0.178. The van der Waals surface area contributed by atoms with Gasteiger partial charge >= 0.3 is 0 Å². The van der Waals surface area contributed by atoms with Crippen LogP contribution in [0.3, 0.4) is 0 Å². The highest BCUT2D eigenvalue weighted by atomic mass is 35.5. The number of ketones is 1. The molecule has 0 fully saturated rings. The highest BCUT2D eigenvalue weighted by Crippen LogP contribution is 2.35. The lowest BCUT2D eigenvalue weighted by Crippen LogP contribution is -1.98.